The highest BCUT2D eigenvalue weighted by Crippen LogP contribution is 2.37. The van der Waals surface area contributed by atoms with E-state index in [1.165, 1.54) is 23.2 Å². The molecule has 8 heteroatoms. The predicted molar refractivity (Wildman–Crippen MR) is 99.8 cm³/mol. The first kappa shape index (κ1) is 19.5. The van der Waals surface area contributed by atoms with E-state index in [2.05, 4.69) is 9.88 Å². The van der Waals surface area contributed by atoms with Gasteiger partial charge in [0.05, 0.1) is 5.56 Å². The monoisotopic (exact) mass is 395 g/mol. The standard InChI is InChI=1S/C19H20F3N3OS/c1-24(13-14-7-2-3-9-16(14)25-11-4-5-12-25)18(26)15-8-6-10-23-17(15)27-19(20,21)22/h2-3,6-10H,4-5,11-13H2,1H3. The van der Waals surface area contributed by atoms with Crippen molar-refractivity contribution in [3.63, 3.8) is 0 Å². The lowest BCUT2D eigenvalue weighted by Gasteiger charge is -2.25. The normalized spacial score (nSPS) is 14.4. The maximum atomic E-state index is 12.8. The first-order chi connectivity index (χ1) is 12.8. The Hall–Kier alpha value is -2.22. The molecule has 4 nitrogen and oxygen atoms in total. The molecule has 1 amide bonds. The summed E-state index contributed by atoms with van der Waals surface area (Å²) in [7, 11) is 1.60. The van der Waals surface area contributed by atoms with Crippen LogP contribution in [-0.4, -0.2) is 41.4 Å². The number of para-hydroxylation sites is 1. The average Bonchev–Trinajstić information content (AvgIpc) is 3.15. The van der Waals surface area contributed by atoms with Gasteiger partial charge in [-0.3, -0.25) is 4.79 Å². The summed E-state index contributed by atoms with van der Waals surface area (Å²) in [4.78, 5) is 20.2. The van der Waals surface area contributed by atoms with Crippen LogP contribution in [0.5, 0.6) is 0 Å². The smallest absolute Gasteiger partial charge is 0.371 e. The van der Waals surface area contributed by atoms with Gasteiger partial charge in [-0.25, -0.2) is 4.98 Å². The van der Waals surface area contributed by atoms with Crippen molar-refractivity contribution in [2.24, 2.45) is 0 Å². The number of amides is 1. The minimum atomic E-state index is -4.50. The van der Waals surface area contributed by atoms with Gasteiger partial charge in [0, 0.05) is 50.3 Å². The third-order valence-corrected chi connectivity index (χ3v) is 5.16. The van der Waals surface area contributed by atoms with Crippen molar-refractivity contribution in [1.82, 2.24) is 9.88 Å². The third-order valence-electron chi connectivity index (χ3n) is 4.41. The van der Waals surface area contributed by atoms with Crippen LogP contribution in [0.15, 0.2) is 47.6 Å². The summed E-state index contributed by atoms with van der Waals surface area (Å²) in [6.45, 7) is 2.27. The highest BCUT2D eigenvalue weighted by atomic mass is 32.2. The van der Waals surface area contributed by atoms with Crippen molar-refractivity contribution in [2.75, 3.05) is 25.0 Å². The molecule has 0 N–H and O–H groups in total. The van der Waals surface area contributed by atoms with E-state index in [1.807, 2.05) is 24.3 Å². The van der Waals surface area contributed by atoms with Gasteiger partial charge in [0.1, 0.15) is 5.03 Å². The fourth-order valence-corrected chi connectivity index (χ4v) is 3.79. The Morgan fingerprint density at radius 1 is 1.19 bits per heavy atom. The summed E-state index contributed by atoms with van der Waals surface area (Å²) in [6, 6.07) is 10.7. The number of nitrogens with zero attached hydrogens (tertiary/aromatic N) is 3. The van der Waals surface area contributed by atoms with Gasteiger partial charge in [0.2, 0.25) is 0 Å². The van der Waals surface area contributed by atoms with E-state index in [1.54, 1.807) is 7.05 Å². The van der Waals surface area contributed by atoms with Crippen LogP contribution >= 0.6 is 11.8 Å². The Morgan fingerprint density at radius 2 is 1.89 bits per heavy atom. The largest absolute Gasteiger partial charge is 0.447 e. The maximum Gasteiger partial charge on any atom is 0.447 e. The van der Waals surface area contributed by atoms with Crippen molar-refractivity contribution in [3.8, 4) is 0 Å². The molecule has 0 saturated carbocycles. The van der Waals surface area contributed by atoms with Gasteiger partial charge >= 0.3 is 5.51 Å². The van der Waals surface area contributed by atoms with Crippen molar-refractivity contribution < 1.29 is 18.0 Å². The summed E-state index contributed by atoms with van der Waals surface area (Å²) in [5, 5.41) is -0.324. The van der Waals surface area contributed by atoms with Crippen LogP contribution in [0.2, 0.25) is 0 Å². The third kappa shape index (κ3) is 4.94. The van der Waals surface area contributed by atoms with Gasteiger partial charge in [-0.2, -0.15) is 13.2 Å². The molecule has 1 saturated heterocycles. The number of alkyl halides is 3. The predicted octanol–water partition coefficient (Wildman–Crippen LogP) is 4.57. The second-order valence-corrected chi connectivity index (χ2v) is 7.44. The van der Waals surface area contributed by atoms with Crippen LogP contribution in [0, 0.1) is 0 Å². The molecule has 0 unspecified atom stereocenters. The summed E-state index contributed by atoms with van der Waals surface area (Å²) in [5.41, 5.74) is -2.49. The second kappa shape index (κ2) is 8.21. The van der Waals surface area contributed by atoms with E-state index in [0.717, 1.165) is 37.2 Å². The number of hydrogen-bond donors (Lipinski definition) is 0. The molecule has 27 heavy (non-hydrogen) atoms. The quantitative estimate of drug-likeness (QED) is 0.695. The highest BCUT2D eigenvalue weighted by Gasteiger charge is 2.33. The molecule has 0 atom stereocenters. The molecule has 2 aromatic rings. The Bertz CT molecular complexity index is 807. The molecule has 3 rings (SSSR count). The summed E-state index contributed by atoms with van der Waals surface area (Å²) >= 11 is -0.364. The van der Waals surface area contributed by atoms with Crippen LogP contribution in [0.1, 0.15) is 28.8 Å². The molecule has 1 aliphatic heterocycles. The van der Waals surface area contributed by atoms with E-state index in [9.17, 15) is 18.0 Å². The zero-order valence-corrected chi connectivity index (χ0v) is 15.7. The Morgan fingerprint density at radius 3 is 2.59 bits per heavy atom. The average molecular weight is 395 g/mol. The molecule has 2 heterocycles. The molecule has 0 bridgehead atoms. The Kier molecular flexibility index (Phi) is 5.94. The van der Waals surface area contributed by atoms with E-state index in [0.29, 0.717) is 6.54 Å². The van der Waals surface area contributed by atoms with Crippen LogP contribution in [-0.2, 0) is 6.54 Å². The molecular formula is C19H20F3N3OS. The van der Waals surface area contributed by atoms with Crippen LogP contribution in [0.4, 0.5) is 18.9 Å². The molecule has 144 valence electrons. The number of thioether (sulfide) groups is 1. The van der Waals surface area contributed by atoms with Crippen LogP contribution < -0.4 is 4.90 Å². The first-order valence-corrected chi connectivity index (χ1v) is 9.46. The van der Waals surface area contributed by atoms with Crippen molar-refractivity contribution in [3.05, 3.63) is 53.7 Å². The molecule has 1 aromatic heterocycles. The lowest BCUT2D eigenvalue weighted by molar-refractivity contribution is -0.0329. The number of benzene rings is 1. The van der Waals surface area contributed by atoms with Gasteiger partial charge in [-0.05, 0) is 36.6 Å². The summed E-state index contributed by atoms with van der Waals surface area (Å²) in [6.07, 6.45) is 3.53. The zero-order valence-electron chi connectivity index (χ0n) is 14.9. The van der Waals surface area contributed by atoms with Crippen LogP contribution in [0.3, 0.4) is 0 Å². The Labute approximate surface area is 160 Å². The van der Waals surface area contributed by atoms with Crippen molar-refractivity contribution >= 4 is 23.4 Å². The number of carbonyl (C=O) groups is 1. The summed E-state index contributed by atoms with van der Waals surface area (Å²) < 4.78 is 38.3. The minimum absolute atomic E-state index is 0.0408. The van der Waals surface area contributed by atoms with E-state index < -0.39 is 11.4 Å². The molecule has 0 radical (unpaired) electrons. The molecule has 1 aromatic carbocycles. The number of halogens is 3. The minimum Gasteiger partial charge on any atom is -0.371 e. The van der Waals surface area contributed by atoms with Gasteiger partial charge in [-0.15, -0.1) is 0 Å². The molecule has 0 aliphatic carbocycles. The number of anilines is 1. The van der Waals surface area contributed by atoms with Crippen molar-refractivity contribution in [1.29, 1.82) is 0 Å². The fourth-order valence-electron chi connectivity index (χ4n) is 3.19. The zero-order chi connectivity index (χ0) is 19.4. The van der Waals surface area contributed by atoms with Gasteiger partial charge in [0.25, 0.3) is 5.91 Å². The fraction of sp³-hybridized carbons (Fsp3) is 0.368. The number of carbonyl (C=O) groups excluding carboxylic acids is 1. The maximum absolute atomic E-state index is 12.8. The molecule has 1 fully saturated rings. The first-order valence-electron chi connectivity index (χ1n) is 8.64. The van der Waals surface area contributed by atoms with Gasteiger partial charge in [0.15, 0.2) is 0 Å². The number of aromatic nitrogens is 1. The second-order valence-electron chi connectivity index (χ2n) is 6.39. The Balaban J connectivity index is 1.80. The molecular weight excluding hydrogens is 375 g/mol. The van der Waals surface area contributed by atoms with Crippen molar-refractivity contribution in [2.45, 2.75) is 29.9 Å². The topological polar surface area (TPSA) is 36.4 Å². The van der Waals surface area contributed by atoms with Gasteiger partial charge < -0.3 is 9.80 Å². The number of rotatable bonds is 5. The number of pyridine rings is 1. The number of hydrogen-bond acceptors (Lipinski definition) is 4. The van der Waals surface area contributed by atoms with Gasteiger partial charge in [-0.1, -0.05) is 18.2 Å². The van der Waals surface area contributed by atoms with Crippen LogP contribution in [0.25, 0.3) is 0 Å². The lowest BCUT2D eigenvalue weighted by atomic mass is 10.1. The van der Waals surface area contributed by atoms with E-state index in [-0.39, 0.29) is 22.4 Å². The molecule has 1 aliphatic rings. The highest BCUT2D eigenvalue weighted by molar-refractivity contribution is 8.00. The SMILES string of the molecule is CN(Cc1ccccc1N1CCCC1)C(=O)c1cccnc1SC(F)(F)F. The molecule has 0 spiro atoms. The van der Waals surface area contributed by atoms with E-state index in [4.69, 9.17) is 0 Å². The van der Waals surface area contributed by atoms with E-state index >= 15 is 0 Å². The summed E-state index contributed by atoms with van der Waals surface area (Å²) in [5.74, 6) is -0.480. The lowest BCUT2D eigenvalue weighted by Crippen LogP contribution is -2.28.